The van der Waals surface area contributed by atoms with Gasteiger partial charge in [-0.1, -0.05) is 23.2 Å². The van der Waals surface area contributed by atoms with Gasteiger partial charge in [0.1, 0.15) is 23.3 Å². The van der Waals surface area contributed by atoms with Crippen LogP contribution in [0.3, 0.4) is 0 Å². The molecule has 2 aromatic carbocycles. The number of halogens is 3. The highest BCUT2D eigenvalue weighted by atomic mass is 35.5. The predicted octanol–water partition coefficient (Wildman–Crippen LogP) is 4.27. The van der Waals surface area contributed by atoms with Crippen LogP contribution in [-0.4, -0.2) is 15.8 Å². The fourth-order valence-electron chi connectivity index (χ4n) is 2.30. The van der Waals surface area contributed by atoms with Crippen LogP contribution in [-0.2, 0) is 0 Å². The minimum atomic E-state index is -0.562. The molecule has 0 aliphatic heterocycles. The largest absolute Gasteiger partial charge is 0.382 e. The van der Waals surface area contributed by atoms with Gasteiger partial charge in [-0.05, 0) is 42.5 Å². The number of nitrogens with zero attached hydrogens (tertiary/aromatic N) is 3. The number of anilines is 1. The zero-order valence-electron chi connectivity index (χ0n) is 13.0. The van der Waals surface area contributed by atoms with Crippen molar-refractivity contribution >= 4 is 34.8 Å². The van der Waals surface area contributed by atoms with Gasteiger partial charge in [0.15, 0.2) is 0 Å². The van der Waals surface area contributed by atoms with E-state index in [2.05, 4.69) is 9.97 Å². The van der Waals surface area contributed by atoms with Crippen molar-refractivity contribution in [2.75, 3.05) is 5.73 Å². The molecule has 1 heterocycles. The molecule has 128 valence electrons. The molecule has 0 aliphatic rings. The highest BCUT2D eigenvalue weighted by Crippen LogP contribution is 2.32. The first-order valence-electron chi connectivity index (χ1n) is 7.24. The quantitative estimate of drug-likeness (QED) is 0.678. The van der Waals surface area contributed by atoms with Crippen molar-refractivity contribution in [3.8, 4) is 17.3 Å². The molecule has 1 aromatic heterocycles. The van der Waals surface area contributed by atoms with E-state index < -0.39 is 11.6 Å². The van der Waals surface area contributed by atoms with E-state index >= 15 is 0 Å². The van der Waals surface area contributed by atoms with Crippen LogP contribution in [0.15, 0.2) is 42.5 Å². The fraction of sp³-hybridized carbons (Fsp3) is 0. The van der Waals surface area contributed by atoms with E-state index in [0.717, 1.165) is 12.1 Å². The zero-order chi connectivity index (χ0) is 18.8. The molecule has 0 atom stereocenters. The summed E-state index contributed by atoms with van der Waals surface area (Å²) in [4.78, 5) is 20.7. The van der Waals surface area contributed by atoms with Crippen molar-refractivity contribution in [3.05, 3.63) is 75.3 Å². The summed E-state index contributed by atoms with van der Waals surface area (Å²) in [5.74, 6) is -1.42. The van der Waals surface area contributed by atoms with Crippen molar-refractivity contribution in [2.45, 2.75) is 0 Å². The van der Waals surface area contributed by atoms with E-state index in [9.17, 15) is 14.4 Å². The van der Waals surface area contributed by atoms with Crippen molar-refractivity contribution in [2.24, 2.45) is 0 Å². The number of nitriles is 1. The fourth-order valence-corrected chi connectivity index (χ4v) is 2.79. The molecule has 2 N–H and O–H groups in total. The molecule has 3 rings (SSSR count). The molecule has 0 unspecified atom stereocenters. The molecule has 8 heteroatoms. The van der Waals surface area contributed by atoms with Crippen molar-refractivity contribution in [1.29, 1.82) is 5.26 Å². The molecule has 0 aliphatic carbocycles. The Hall–Kier alpha value is -3.01. The van der Waals surface area contributed by atoms with Gasteiger partial charge in [0.25, 0.3) is 0 Å². The molecule has 0 amide bonds. The van der Waals surface area contributed by atoms with Crippen LogP contribution in [0.5, 0.6) is 0 Å². The second kappa shape index (κ2) is 7.08. The van der Waals surface area contributed by atoms with Crippen LogP contribution < -0.4 is 5.73 Å². The molecule has 5 nitrogen and oxygen atoms in total. The summed E-state index contributed by atoms with van der Waals surface area (Å²) in [6, 6.07) is 11.5. The first-order chi connectivity index (χ1) is 12.4. The Morgan fingerprint density at radius 2 is 1.81 bits per heavy atom. The Morgan fingerprint density at radius 1 is 1.12 bits per heavy atom. The Bertz CT molecular complexity index is 1060. The second-order valence-corrected chi connectivity index (χ2v) is 6.07. The van der Waals surface area contributed by atoms with Gasteiger partial charge in [0.2, 0.25) is 11.6 Å². The smallest absolute Gasteiger partial charge is 0.230 e. The summed E-state index contributed by atoms with van der Waals surface area (Å²) in [7, 11) is 0. The maximum Gasteiger partial charge on any atom is 0.230 e. The SMILES string of the molecule is N#Cc1c(N)nc(C(=O)c2ccc(F)cc2)nc1-c1ccc(Cl)cc1Cl. The van der Waals surface area contributed by atoms with Crippen LogP contribution in [0.1, 0.15) is 21.7 Å². The number of carbonyl (C=O) groups excluding carboxylic acids is 1. The number of hydrogen-bond donors (Lipinski definition) is 1. The Labute approximate surface area is 157 Å². The van der Waals surface area contributed by atoms with Crippen LogP contribution in [0, 0.1) is 17.1 Å². The molecule has 3 aromatic rings. The summed E-state index contributed by atoms with van der Waals surface area (Å²) in [6.07, 6.45) is 0. The molecular weight excluding hydrogens is 378 g/mol. The summed E-state index contributed by atoms with van der Waals surface area (Å²) in [5.41, 5.74) is 6.51. The monoisotopic (exact) mass is 386 g/mol. The number of hydrogen-bond acceptors (Lipinski definition) is 5. The number of rotatable bonds is 3. The number of carbonyl (C=O) groups is 1. The lowest BCUT2D eigenvalue weighted by Crippen LogP contribution is -2.12. The van der Waals surface area contributed by atoms with Crippen LogP contribution in [0.4, 0.5) is 10.2 Å². The van der Waals surface area contributed by atoms with Gasteiger partial charge in [0.05, 0.1) is 10.7 Å². The molecule has 0 saturated carbocycles. The van der Waals surface area contributed by atoms with E-state index in [1.165, 1.54) is 18.2 Å². The van der Waals surface area contributed by atoms with Crippen molar-refractivity contribution < 1.29 is 9.18 Å². The van der Waals surface area contributed by atoms with Gasteiger partial charge < -0.3 is 5.73 Å². The number of benzene rings is 2. The highest BCUT2D eigenvalue weighted by molar-refractivity contribution is 6.36. The van der Waals surface area contributed by atoms with Gasteiger partial charge in [-0.25, -0.2) is 14.4 Å². The first kappa shape index (κ1) is 17.8. The molecule has 0 radical (unpaired) electrons. The lowest BCUT2D eigenvalue weighted by atomic mass is 10.1. The van der Waals surface area contributed by atoms with E-state index in [-0.39, 0.29) is 33.5 Å². The summed E-state index contributed by atoms with van der Waals surface area (Å²) in [5, 5.41) is 10.0. The maximum atomic E-state index is 13.1. The number of aromatic nitrogens is 2. The second-order valence-electron chi connectivity index (χ2n) is 5.23. The van der Waals surface area contributed by atoms with Gasteiger partial charge in [0, 0.05) is 16.1 Å². The Kier molecular flexibility index (Phi) is 4.85. The Balaban J connectivity index is 2.18. The third-order valence-electron chi connectivity index (χ3n) is 3.54. The van der Waals surface area contributed by atoms with Gasteiger partial charge in [-0.3, -0.25) is 4.79 Å². The normalized spacial score (nSPS) is 10.4. The highest BCUT2D eigenvalue weighted by Gasteiger charge is 2.21. The number of ketones is 1. The van der Waals surface area contributed by atoms with Crippen LogP contribution in [0.25, 0.3) is 11.3 Å². The summed E-state index contributed by atoms with van der Waals surface area (Å²) in [6.45, 7) is 0. The van der Waals surface area contributed by atoms with Gasteiger partial charge >= 0.3 is 0 Å². The molecule has 26 heavy (non-hydrogen) atoms. The lowest BCUT2D eigenvalue weighted by Gasteiger charge is -2.10. The maximum absolute atomic E-state index is 13.1. The van der Waals surface area contributed by atoms with E-state index in [1.54, 1.807) is 12.1 Å². The molecule has 0 bridgehead atoms. The van der Waals surface area contributed by atoms with Crippen LogP contribution >= 0.6 is 23.2 Å². The summed E-state index contributed by atoms with van der Waals surface area (Å²) >= 11 is 12.1. The zero-order valence-corrected chi connectivity index (χ0v) is 14.5. The summed E-state index contributed by atoms with van der Waals surface area (Å²) < 4.78 is 13.1. The third kappa shape index (κ3) is 3.36. The van der Waals surface area contributed by atoms with Crippen molar-refractivity contribution in [1.82, 2.24) is 9.97 Å². The van der Waals surface area contributed by atoms with E-state index in [4.69, 9.17) is 28.9 Å². The number of nitrogen functional groups attached to an aromatic ring is 1. The average Bonchev–Trinajstić information content (AvgIpc) is 2.61. The minimum absolute atomic E-state index is 0.00937. The van der Waals surface area contributed by atoms with E-state index in [0.29, 0.717) is 10.6 Å². The van der Waals surface area contributed by atoms with Gasteiger partial charge in [-0.15, -0.1) is 0 Å². The van der Waals surface area contributed by atoms with Crippen LogP contribution in [0.2, 0.25) is 10.0 Å². The molecule has 0 saturated heterocycles. The van der Waals surface area contributed by atoms with Gasteiger partial charge in [-0.2, -0.15) is 5.26 Å². The third-order valence-corrected chi connectivity index (χ3v) is 4.09. The average molecular weight is 387 g/mol. The predicted molar refractivity (Wildman–Crippen MR) is 96.4 cm³/mol. The first-order valence-corrected chi connectivity index (χ1v) is 7.99. The standard InChI is InChI=1S/C18H9Cl2FN4O/c19-10-3-6-12(14(20)7-10)15-13(8-22)17(23)25-18(24-15)16(26)9-1-4-11(21)5-2-9/h1-7H,(H2,23,24,25). The molecular formula is C18H9Cl2FN4O. The minimum Gasteiger partial charge on any atom is -0.382 e. The Morgan fingerprint density at radius 3 is 2.42 bits per heavy atom. The topological polar surface area (TPSA) is 92.7 Å². The molecule has 0 fully saturated rings. The molecule has 0 spiro atoms. The van der Waals surface area contributed by atoms with Crippen molar-refractivity contribution in [3.63, 3.8) is 0 Å². The number of nitrogens with two attached hydrogens (primary N) is 1. The van der Waals surface area contributed by atoms with E-state index in [1.807, 2.05) is 6.07 Å². The lowest BCUT2D eigenvalue weighted by molar-refractivity contribution is 0.102.